The van der Waals surface area contributed by atoms with Crippen LogP contribution in [-0.4, -0.2) is 46.3 Å². The number of aliphatic hydroxyl groups excluding tert-OH is 2. The van der Waals surface area contributed by atoms with Gasteiger partial charge in [0.2, 0.25) is 5.91 Å². The number of β-amino-alcohol motifs (C(OH)–C–C–N with tert-alkyl or cyclic N) is 1. The van der Waals surface area contributed by atoms with Gasteiger partial charge in [0.1, 0.15) is 0 Å². The molecule has 4 heteroatoms. The van der Waals surface area contributed by atoms with Crippen LogP contribution in [0.15, 0.2) is 11.6 Å². The number of fused-ring (bicyclic) bond motifs is 5. The maximum atomic E-state index is 12.8. The molecule has 0 radical (unpaired) electrons. The molecule has 1 amide bonds. The van der Waals surface area contributed by atoms with Gasteiger partial charge in [-0.1, -0.05) is 32.4 Å². The van der Waals surface area contributed by atoms with Gasteiger partial charge in [-0.25, -0.2) is 0 Å². The summed E-state index contributed by atoms with van der Waals surface area (Å²) in [4.78, 5) is 14.7. The summed E-state index contributed by atoms with van der Waals surface area (Å²) in [5.41, 5.74) is 2.30. The number of carbonyl (C=O) groups excluding carboxylic acids is 1. The highest BCUT2D eigenvalue weighted by Gasteiger charge is 2.59. The van der Waals surface area contributed by atoms with Crippen LogP contribution in [0.2, 0.25) is 0 Å². The summed E-state index contributed by atoms with van der Waals surface area (Å²) in [6, 6.07) is 0. The van der Waals surface area contributed by atoms with E-state index >= 15 is 0 Å². The molecule has 2 N–H and O–H groups in total. The highest BCUT2D eigenvalue weighted by Crippen LogP contribution is 2.67. The molecule has 5 aliphatic rings. The van der Waals surface area contributed by atoms with E-state index in [9.17, 15) is 15.0 Å². The zero-order chi connectivity index (χ0) is 23.4. The zero-order valence-corrected chi connectivity index (χ0v) is 21.3. The van der Waals surface area contributed by atoms with Crippen molar-refractivity contribution in [2.24, 2.45) is 40.4 Å². The molecule has 9 atom stereocenters. The Morgan fingerprint density at radius 2 is 1.91 bits per heavy atom. The minimum Gasteiger partial charge on any atom is -0.393 e. The lowest BCUT2D eigenvalue weighted by molar-refractivity contribution is -0.134. The minimum absolute atomic E-state index is 0.123. The molecule has 5 rings (SSSR count). The molecule has 33 heavy (non-hydrogen) atoms. The van der Waals surface area contributed by atoms with E-state index in [-0.39, 0.29) is 18.1 Å². The molecule has 0 spiro atoms. The summed E-state index contributed by atoms with van der Waals surface area (Å²) in [7, 11) is 0. The Morgan fingerprint density at radius 3 is 2.70 bits per heavy atom. The third kappa shape index (κ3) is 4.11. The highest BCUT2D eigenvalue weighted by molar-refractivity contribution is 5.76. The van der Waals surface area contributed by atoms with Crippen LogP contribution >= 0.6 is 0 Å². The van der Waals surface area contributed by atoms with E-state index < -0.39 is 0 Å². The monoisotopic (exact) mass is 457 g/mol. The number of rotatable bonds is 4. The second-order valence-electron chi connectivity index (χ2n) is 13.0. The van der Waals surface area contributed by atoms with Crippen LogP contribution in [0.3, 0.4) is 0 Å². The highest BCUT2D eigenvalue weighted by atomic mass is 16.3. The van der Waals surface area contributed by atoms with Crippen molar-refractivity contribution in [3.8, 4) is 0 Å². The lowest BCUT2D eigenvalue weighted by Gasteiger charge is -2.58. The van der Waals surface area contributed by atoms with Gasteiger partial charge in [-0.15, -0.1) is 0 Å². The average molecular weight is 458 g/mol. The third-order valence-electron chi connectivity index (χ3n) is 11.4. The topological polar surface area (TPSA) is 60.8 Å². The van der Waals surface area contributed by atoms with Gasteiger partial charge in [-0.05, 0) is 111 Å². The predicted octanol–water partition coefficient (Wildman–Crippen LogP) is 5.33. The predicted molar refractivity (Wildman–Crippen MR) is 131 cm³/mol. The van der Waals surface area contributed by atoms with Crippen molar-refractivity contribution < 1.29 is 15.0 Å². The van der Waals surface area contributed by atoms with Crippen LogP contribution < -0.4 is 0 Å². The fraction of sp³-hybridized carbons (Fsp3) is 0.897. The van der Waals surface area contributed by atoms with Gasteiger partial charge in [0.15, 0.2) is 0 Å². The Balaban J connectivity index is 1.24. The fourth-order valence-electron chi connectivity index (χ4n) is 9.51. The summed E-state index contributed by atoms with van der Waals surface area (Å²) in [6.07, 6.45) is 15.1. The first-order chi connectivity index (χ1) is 15.7. The van der Waals surface area contributed by atoms with E-state index in [1.807, 2.05) is 4.90 Å². The van der Waals surface area contributed by atoms with Crippen molar-refractivity contribution in [1.82, 2.24) is 4.90 Å². The molecule has 1 unspecified atom stereocenters. The van der Waals surface area contributed by atoms with E-state index in [0.717, 1.165) is 68.7 Å². The van der Waals surface area contributed by atoms with Gasteiger partial charge in [-0.2, -0.15) is 0 Å². The molecule has 0 aromatic heterocycles. The van der Waals surface area contributed by atoms with E-state index in [0.29, 0.717) is 29.7 Å². The number of hydrogen-bond donors (Lipinski definition) is 2. The van der Waals surface area contributed by atoms with Gasteiger partial charge >= 0.3 is 0 Å². The first-order valence-electron chi connectivity index (χ1n) is 14.1. The molecule has 1 heterocycles. The van der Waals surface area contributed by atoms with Gasteiger partial charge in [0, 0.05) is 19.5 Å². The fourth-order valence-corrected chi connectivity index (χ4v) is 9.51. The summed E-state index contributed by atoms with van der Waals surface area (Å²) >= 11 is 0. The smallest absolute Gasteiger partial charge is 0.222 e. The zero-order valence-electron chi connectivity index (χ0n) is 21.3. The Kier molecular flexibility index (Phi) is 6.48. The second kappa shape index (κ2) is 8.97. The Bertz CT molecular complexity index is 779. The molecular formula is C29H47NO3. The number of carbonyl (C=O) groups is 1. The molecule has 4 nitrogen and oxygen atoms in total. The maximum Gasteiger partial charge on any atom is 0.222 e. The standard InChI is InChI=1S/C29H47NO3/c1-19(6-11-27(33)30-16-4-5-22(32)18-30)24-9-10-25-23-8-7-20-17-21(31)12-14-28(20,2)26(23)13-15-29(24,25)3/h7,19,21-26,31-32H,4-6,8-18H2,1-3H3/t19?,21-,22-,23-,24+,25-,26-,28-,29+/m0/s1. The van der Waals surface area contributed by atoms with Gasteiger partial charge in [-0.3, -0.25) is 4.79 Å². The summed E-state index contributed by atoms with van der Waals surface area (Å²) in [5.74, 6) is 3.99. The van der Waals surface area contributed by atoms with Gasteiger partial charge in [0.25, 0.3) is 0 Å². The molecule has 0 bridgehead atoms. The van der Waals surface area contributed by atoms with Crippen molar-refractivity contribution in [3.05, 3.63) is 11.6 Å². The Hall–Kier alpha value is -0.870. The quantitative estimate of drug-likeness (QED) is 0.561. The largest absolute Gasteiger partial charge is 0.393 e. The van der Waals surface area contributed by atoms with Crippen LogP contribution in [0.25, 0.3) is 0 Å². The summed E-state index contributed by atoms with van der Waals surface area (Å²) < 4.78 is 0. The van der Waals surface area contributed by atoms with E-state index in [4.69, 9.17) is 0 Å². The molecule has 4 aliphatic carbocycles. The van der Waals surface area contributed by atoms with E-state index in [1.54, 1.807) is 5.57 Å². The number of nitrogens with zero attached hydrogens (tertiary/aromatic N) is 1. The summed E-state index contributed by atoms with van der Waals surface area (Å²) in [6.45, 7) is 8.87. The van der Waals surface area contributed by atoms with Crippen LogP contribution in [0.4, 0.5) is 0 Å². The summed E-state index contributed by atoms with van der Waals surface area (Å²) in [5, 5.41) is 20.2. The number of aliphatic hydroxyl groups is 2. The van der Waals surface area contributed by atoms with Crippen LogP contribution in [-0.2, 0) is 4.79 Å². The first-order valence-corrected chi connectivity index (χ1v) is 14.1. The van der Waals surface area contributed by atoms with Crippen molar-refractivity contribution in [3.63, 3.8) is 0 Å². The molecule has 3 saturated carbocycles. The molecule has 4 fully saturated rings. The van der Waals surface area contributed by atoms with Gasteiger partial charge < -0.3 is 15.1 Å². The number of likely N-dealkylation sites (tertiary alicyclic amines) is 1. The van der Waals surface area contributed by atoms with Crippen molar-refractivity contribution in [2.75, 3.05) is 13.1 Å². The van der Waals surface area contributed by atoms with E-state index in [2.05, 4.69) is 26.8 Å². The number of allylic oxidation sites excluding steroid dienone is 1. The molecule has 0 aromatic carbocycles. The number of piperidine rings is 1. The van der Waals surface area contributed by atoms with Crippen molar-refractivity contribution in [2.45, 2.75) is 110 Å². The number of amides is 1. The second-order valence-corrected chi connectivity index (χ2v) is 13.0. The first kappa shape index (κ1) is 23.9. The van der Waals surface area contributed by atoms with Crippen molar-refractivity contribution in [1.29, 1.82) is 0 Å². The molecular weight excluding hydrogens is 410 g/mol. The lowest BCUT2D eigenvalue weighted by Crippen LogP contribution is -2.50. The molecule has 1 aliphatic heterocycles. The Morgan fingerprint density at radius 1 is 1.09 bits per heavy atom. The van der Waals surface area contributed by atoms with E-state index in [1.165, 1.54) is 32.1 Å². The minimum atomic E-state index is -0.329. The van der Waals surface area contributed by atoms with Crippen molar-refractivity contribution >= 4 is 5.91 Å². The number of hydrogen-bond acceptors (Lipinski definition) is 3. The molecule has 1 saturated heterocycles. The third-order valence-corrected chi connectivity index (χ3v) is 11.4. The Labute approximate surface area is 201 Å². The average Bonchev–Trinajstić information content (AvgIpc) is 3.15. The van der Waals surface area contributed by atoms with Crippen LogP contribution in [0, 0.1) is 40.4 Å². The SMILES string of the molecule is CC(CCC(=O)N1CCC[C@H](O)C1)[C@H]1CC[C@H]2[C@@H]3CC=C4C[C@@H](O)CC[C@]4(C)[C@H]3CC[C@]12C. The van der Waals surface area contributed by atoms with Crippen LogP contribution in [0.1, 0.15) is 97.8 Å². The molecule has 0 aromatic rings. The maximum absolute atomic E-state index is 12.8. The lowest BCUT2D eigenvalue weighted by atomic mass is 9.47. The normalized spacial score (nSPS) is 46.1. The van der Waals surface area contributed by atoms with Crippen LogP contribution in [0.5, 0.6) is 0 Å². The molecule has 186 valence electrons. The van der Waals surface area contributed by atoms with Gasteiger partial charge in [0.05, 0.1) is 12.2 Å².